The van der Waals surface area contributed by atoms with Crippen molar-refractivity contribution in [1.82, 2.24) is 0 Å². The Balaban J connectivity index is 2.13. The molecule has 0 amide bonds. The van der Waals surface area contributed by atoms with Gasteiger partial charge in [-0.2, -0.15) is 0 Å². The molecule has 0 unspecified atom stereocenters. The molecule has 17 heavy (non-hydrogen) atoms. The van der Waals surface area contributed by atoms with Crippen LogP contribution < -0.4 is 4.90 Å². The second kappa shape index (κ2) is 5.23. The van der Waals surface area contributed by atoms with E-state index >= 15 is 0 Å². The molecular weight excluding hydrogens is 241 g/mol. The van der Waals surface area contributed by atoms with Gasteiger partial charge >= 0.3 is 0 Å². The molecule has 2 rings (SSSR count). The Morgan fingerprint density at radius 1 is 1.47 bits per heavy atom. The van der Waals surface area contributed by atoms with Gasteiger partial charge in [-0.1, -0.05) is 25.4 Å². The van der Waals surface area contributed by atoms with E-state index in [4.69, 9.17) is 16.3 Å². The number of rotatable bonds is 2. The molecule has 1 aliphatic heterocycles. The van der Waals surface area contributed by atoms with E-state index in [2.05, 4.69) is 18.7 Å². The lowest BCUT2D eigenvalue weighted by atomic mass is 10.1. The average Bonchev–Trinajstić information content (AvgIpc) is 2.33. The topological polar surface area (TPSA) is 12.5 Å². The fourth-order valence-corrected chi connectivity index (χ4v) is 2.11. The van der Waals surface area contributed by atoms with E-state index in [1.165, 1.54) is 6.07 Å². The predicted molar refractivity (Wildman–Crippen MR) is 68.2 cm³/mol. The molecule has 0 aliphatic carbocycles. The van der Waals surface area contributed by atoms with Crippen LogP contribution in [0.15, 0.2) is 18.2 Å². The molecule has 1 heterocycles. The lowest BCUT2D eigenvalue weighted by Gasteiger charge is -2.36. The lowest BCUT2D eigenvalue weighted by molar-refractivity contribution is 0.0114. The van der Waals surface area contributed by atoms with Crippen LogP contribution in [0.4, 0.5) is 10.1 Å². The molecule has 4 heteroatoms. The maximum Gasteiger partial charge on any atom is 0.143 e. The number of nitrogens with zero attached hydrogens (tertiary/aromatic N) is 1. The molecule has 1 fully saturated rings. The summed E-state index contributed by atoms with van der Waals surface area (Å²) in [5, 5.41) is 0.169. The molecule has 1 saturated heterocycles. The zero-order valence-electron chi connectivity index (χ0n) is 10.1. The summed E-state index contributed by atoms with van der Waals surface area (Å²) in [6, 6.07) is 4.95. The van der Waals surface area contributed by atoms with Gasteiger partial charge in [0.15, 0.2) is 0 Å². The number of anilines is 1. The van der Waals surface area contributed by atoms with Crippen LogP contribution in [0.2, 0.25) is 5.02 Å². The van der Waals surface area contributed by atoms with Crippen molar-refractivity contribution < 1.29 is 9.13 Å². The van der Waals surface area contributed by atoms with E-state index in [1.807, 2.05) is 6.07 Å². The Bertz CT molecular complexity index is 397. The molecule has 94 valence electrons. The first-order valence-corrected chi connectivity index (χ1v) is 6.27. The van der Waals surface area contributed by atoms with Crippen molar-refractivity contribution in [3.8, 4) is 0 Å². The van der Waals surface area contributed by atoms with Crippen LogP contribution >= 0.6 is 11.6 Å². The Labute approximate surface area is 106 Å². The molecule has 0 aromatic heterocycles. The van der Waals surface area contributed by atoms with E-state index in [1.54, 1.807) is 6.07 Å². The molecule has 0 radical (unpaired) electrons. The van der Waals surface area contributed by atoms with Gasteiger partial charge in [-0.25, -0.2) is 4.39 Å². The molecule has 2 nitrogen and oxygen atoms in total. The van der Waals surface area contributed by atoms with Crippen LogP contribution in [0.25, 0.3) is 0 Å². The Morgan fingerprint density at radius 3 is 2.88 bits per heavy atom. The van der Waals surface area contributed by atoms with Crippen LogP contribution in [0.3, 0.4) is 0 Å². The van der Waals surface area contributed by atoms with Crippen molar-refractivity contribution >= 4 is 17.3 Å². The summed E-state index contributed by atoms with van der Waals surface area (Å²) in [4.78, 5) is 2.15. The molecular formula is C13H17ClFNO. The number of morpholine rings is 1. The summed E-state index contributed by atoms with van der Waals surface area (Å²) in [5.41, 5.74) is 0.876. The second-order valence-electron chi connectivity index (χ2n) is 4.70. The van der Waals surface area contributed by atoms with Gasteiger partial charge in [-0.05, 0) is 24.1 Å². The van der Waals surface area contributed by atoms with E-state index in [9.17, 15) is 4.39 Å². The standard InChI is InChI=1S/C13H17ClFNO/c1-9(2)13-8-16(5-6-17-13)10-3-4-11(14)12(15)7-10/h3-4,7,9,13H,5-6,8H2,1-2H3/t13-/m1/s1. The highest BCUT2D eigenvalue weighted by Gasteiger charge is 2.23. The summed E-state index contributed by atoms with van der Waals surface area (Å²) in [6.07, 6.45) is 0.211. The van der Waals surface area contributed by atoms with E-state index in [0.29, 0.717) is 12.5 Å². The molecule has 1 aliphatic rings. The third-order valence-electron chi connectivity index (χ3n) is 3.11. The van der Waals surface area contributed by atoms with Crippen molar-refractivity contribution in [1.29, 1.82) is 0 Å². The van der Waals surface area contributed by atoms with Crippen LogP contribution in [0, 0.1) is 11.7 Å². The summed E-state index contributed by atoms with van der Waals surface area (Å²) >= 11 is 5.68. The Kier molecular flexibility index (Phi) is 3.89. The monoisotopic (exact) mass is 257 g/mol. The lowest BCUT2D eigenvalue weighted by Crippen LogP contribution is -2.44. The summed E-state index contributed by atoms with van der Waals surface area (Å²) in [5.74, 6) is 0.103. The number of ether oxygens (including phenoxy) is 1. The molecule has 0 N–H and O–H groups in total. The van der Waals surface area contributed by atoms with E-state index in [0.717, 1.165) is 18.8 Å². The number of benzene rings is 1. The van der Waals surface area contributed by atoms with Crippen molar-refractivity contribution in [3.05, 3.63) is 29.0 Å². The van der Waals surface area contributed by atoms with Crippen molar-refractivity contribution in [2.75, 3.05) is 24.6 Å². The average molecular weight is 258 g/mol. The van der Waals surface area contributed by atoms with Gasteiger partial charge in [0, 0.05) is 18.8 Å². The largest absolute Gasteiger partial charge is 0.374 e. The fraction of sp³-hybridized carbons (Fsp3) is 0.538. The quantitative estimate of drug-likeness (QED) is 0.806. The number of halogens is 2. The van der Waals surface area contributed by atoms with Gasteiger partial charge in [0.2, 0.25) is 0 Å². The van der Waals surface area contributed by atoms with Crippen molar-refractivity contribution in [2.24, 2.45) is 5.92 Å². The molecule has 0 bridgehead atoms. The molecule has 0 saturated carbocycles. The van der Waals surface area contributed by atoms with Crippen molar-refractivity contribution in [2.45, 2.75) is 20.0 Å². The first-order chi connectivity index (χ1) is 8.08. The van der Waals surface area contributed by atoms with Gasteiger partial charge in [-0.3, -0.25) is 0 Å². The second-order valence-corrected chi connectivity index (χ2v) is 5.10. The van der Waals surface area contributed by atoms with Gasteiger partial charge in [-0.15, -0.1) is 0 Å². The van der Waals surface area contributed by atoms with Gasteiger partial charge in [0.1, 0.15) is 5.82 Å². The minimum atomic E-state index is -0.364. The fourth-order valence-electron chi connectivity index (χ4n) is 1.99. The summed E-state index contributed by atoms with van der Waals surface area (Å²) < 4.78 is 19.1. The molecule has 1 atom stereocenters. The highest BCUT2D eigenvalue weighted by atomic mass is 35.5. The van der Waals surface area contributed by atoms with E-state index < -0.39 is 0 Å². The van der Waals surface area contributed by atoms with Gasteiger partial charge in [0.25, 0.3) is 0 Å². The smallest absolute Gasteiger partial charge is 0.143 e. The van der Waals surface area contributed by atoms with Crippen molar-refractivity contribution in [3.63, 3.8) is 0 Å². The zero-order chi connectivity index (χ0) is 12.4. The minimum absolute atomic E-state index is 0.169. The van der Waals surface area contributed by atoms with Crippen LogP contribution in [-0.2, 0) is 4.74 Å². The zero-order valence-corrected chi connectivity index (χ0v) is 10.9. The number of hydrogen-bond acceptors (Lipinski definition) is 2. The molecule has 1 aromatic carbocycles. The van der Waals surface area contributed by atoms with Gasteiger partial charge < -0.3 is 9.64 Å². The molecule has 0 spiro atoms. The van der Waals surface area contributed by atoms with E-state index in [-0.39, 0.29) is 16.9 Å². The van der Waals surface area contributed by atoms with Crippen LogP contribution in [0.1, 0.15) is 13.8 Å². The first-order valence-electron chi connectivity index (χ1n) is 5.89. The summed E-state index contributed by atoms with van der Waals surface area (Å²) in [7, 11) is 0. The third kappa shape index (κ3) is 2.90. The highest BCUT2D eigenvalue weighted by molar-refractivity contribution is 6.30. The normalized spacial score (nSPS) is 21.0. The number of hydrogen-bond donors (Lipinski definition) is 0. The first kappa shape index (κ1) is 12.7. The SMILES string of the molecule is CC(C)[C@H]1CN(c2ccc(Cl)c(F)c2)CCO1. The Hall–Kier alpha value is -0.800. The Morgan fingerprint density at radius 2 is 2.24 bits per heavy atom. The van der Waals surface area contributed by atoms with Gasteiger partial charge in [0.05, 0.1) is 17.7 Å². The highest BCUT2D eigenvalue weighted by Crippen LogP contribution is 2.24. The third-order valence-corrected chi connectivity index (χ3v) is 3.41. The molecule has 1 aromatic rings. The van der Waals surface area contributed by atoms with Crippen LogP contribution in [-0.4, -0.2) is 25.8 Å². The summed E-state index contributed by atoms with van der Waals surface area (Å²) in [6.45, 7) is 6.56. The maximum absolute atomic E-state index is 13.4. The van der Waals surface area contributed by atoms with Crippen LogP contribution in [0.5, 0.6) is 0 Å². The maximum atomic E-state index is 13.4. The minimum Gasteiger partial charge on any atom is -0.374 e. The predicted octanol–water partition coefficient (Wildman–Crippen LogP) is 3.34.